The van der Waals surface area contributed by atoms with Crippen molar-refractivity contribution in [3.05, 3.63) is 0 Å². The standard InChI is InChI=1S/C8H14N2O2/c1-8(2)6-7(12)10(4-5-11)9(8)3/h5H,4,6H2,1-3H3. The van der Waals surface area contributed by atoms with E-state index < -0.39 is 0 Å². The monoisotopic (exact) mass is 170 g/mol. The molecule has 0 radical (unpaired) electrons. The zero-order chi connectivity index (χ0) is 9.35. The first-order chi connectivity index (χ1) is 5.49. The zero-order valence-corrected chi connectivity index (χ0v) is 7.70. The lowest BCUT2D eigenvalue weighted by Gasteiger charge is -2.31. The van der Waals surface area contributed by atoms with Gasteiger partial charge in [-0.1, -0.05) is 0 Å². The van der Waals surface area contributed by atoms with Crippen LogP contribution in [-0.4, -0.2) is 41.3 Å². The first-order valence-corrected chi connectivity index (χ1v) is 3.97. The Bertz CT molecular complexity index is 213. The van der Waals surface area contributed by atoms with E-state index in [0.717, 1.165) is 6.29 Å². The Kier molecular flexibility index (Phi) is 2.19. The van der Waals surface area contributed by atoms with Crippen molar-refractivity contribution in [1.29, 1.82) is 0 Å². The number of hydrogen-bond donors (Lipinski definition) is 0. The van der Waals surface area contributed by atoms with Crippen molar-refractivity contribution in [2.24, 2.45) is 0 Å². The summed E-state index contributed by atoms with van der Waals surface area (Å²) in [5.74, 6) is 0.0228. The smallest absolute Gasteiger partial charge is 0.239 e. The highest BCUT2D eigenvalue weighted by atomic mass is 16.2. The van der Waals surface area contributed by atoms with Crippen LogP contribution in [0.15, 0.2) is 0 Å². The third-order valence-electron chi connectivity index (χ3n) is 2.36. The molecule has 1 aliphatic rings. The van der Waals surface area contributed by atoms with Crippen LogP contribution < -0.4 is 0 Å². The van der Waals surface area contributed by atoms with E-state index in [4.69, 9.17) is 0 Å². The summed E-state index contributed by atoms with van der Waals surface area (Å²) >= 11 is 0. The predicted molar refractivity (Wildman–Crippen MR) is 44.2 cm³/mol. The predicted octanol–water partition coefficient (Wildman–Crippen LogP) is 0.0430. The van der Waals surface area contributed by atoms with Crippen LogP contribution in [0.1, 0.15) is 20.3 Å². The van der Waals surface area contributed by atoms with Gasteiger partial charge in [0.05, 0.1) is 6.54 Å². The van der Waals surface area contributed by atoms with Gasteiger partial charge in [0.2, 0.25) is 5.91 Å². The van der Waals surface area contributed by atoms with Gasteiger partial charge in [-0.2, -0.15) is 0 Å². The van der Waals surface area contributed by atoms with Crippen molar-refractivity contribution in [2.45, 2.75) is 25.8 Å². The highest BCUT2D eigenvalue weighted by Gasteiger charge is 2.40. The molecule has 12 heavy (non-hydrogen) atoms. The van der Waals surface area contributed by atoms with E-state index in [1.807, 2.05) is 25.9 Å². The summed E-state index contributed by atoms with van der Waals surface area (Å²) < 4.78 is 0. The highest BCUT2D eigenvalue weighted by Crippen LogP contribution is 2.27. The number of hydrogen-bond acceptors (Lipinski definition) is 3. The van der Waals surface area contributed by atoms with Gasteiger partial charge in [0, 0.05) is 19.0 Å². The largest absolute Gasteiger partial charge is 0.301 e. The van der Waals surface area contributed by atoms with Crippen molar-refractivity contribution >= 4 is 12.2 Å². The minimum atomic E-state index is -0.153. The third kappa shape index (κ3) is 1.34. The first-order valence-electron chi connectivity index (χ1n) is 3.97. The van der Waals surface area contributed by atoms with Gasteiger partial charge in [-0.05, 0) is 13.8 Å². The fourth-order valence-electron chi connectivity index (χ4n) is 1.36. The minimum Gasteiger partial charge on any atom is -0.301 e. The van der Waals surface area contributed by atoms with Gasteiger partial charge in [0.25, 0.3) is 0 Å². The molecule has 0 aromatic rings. The van der Waals surface area contributed by atoms with Gasteiger partial charge in [-0.15, -0.1) is 0 Å². The van der Waals surface area contributed by atoms with Gasteiger partial charge in [-0.25, -0.2) is 5.01 Å². The van der Waals surface area contributed by atoms with Gasteiger partial charge >= 0.3 is 0 Å². The summed E-state index contributed by atoms with van der Waals surface area (Å²) in [5, 5.41) is 3.30. The van der Waals surface area contributed by atoms with E-state index in [9.17, 15) is 9.59 Å². The molecule has 1 heterocycles. The molecule has 1 aliphatic heterocycles. The second-order valence-corrected chi connectivity index (χ2v) is 3.66. The Morgan fingerprint density at radius 3 is 2.50 bits per heavy atom. The molecule has 4 nitrogen and oxygen atoms in total. The highest BCUT2D eigenvalue weighted by molar-refractivity contribution is 5.81. The zero-order valence-electron chi connectivity index (χ0n) is 7.70. The summed E-state index contributed by atoms with van der Waals surface area (Å²) in [7, 11) is 1.83. The van der Waals surface area contributed by atoms with E-state index >= 15 is 0 Å². The Balaban J connectivity index is 2.77. The molecular weight excluding hydrogens is 156 g/mol. The number of aldehydes is 1. The number of hydrazine groups is 1. The summed E-state index contributed by atoms with van der Waals surface area (Å²) in [6.07, 6.45) is 1.23. The van der Waals surface area contributed by atoms with Crippen LogP contribution in [0, 0.1) is 0 Å². The third-order valence-corrected chi connectivity index (χ3v) is 2.36. The van der Waals surface area contributed by atoms with Crippen molar-refractivity contribution < 1.29 is 9.59 Å². The molecule has 0 aromatic carbocycles. The van der Waals surface area contributed by atoms with Crippen molar-refractivity contribution in [1.82, 2.24) is 10.0 Å². The normalized spacial score (nSPS) is 23.2. The van der Waals surface area contributed by atoms with Crippen LogP contribution >= 0.6 is 0 Å². The molecular formula is C8H14N2O2. The lowest BCUT2D eigenvalue weighted by molar-refractivity contribution is -0.140. The van der Waals surface area contributed by atoms with Gasteiger partial charge < -0.3 is 4.79 Å². The molecule has 0 spiro atoms. The number of carbonyl (C=O) groups excluding carboxylic acids is 2. The molecule has 0 N–H and O–H groups in total. The molecule has 1 saturated heterocycles. The fraction of sp³-hybridized carbons (Fsp3) is 0.750. The van der Waals surface area contributed by atoms with E-state index in [-0.39, 0.29) is 18.0 Å². The molecule has 68 valence electrons. The minimum absolute atomic E-state index is 0.0228. The molecule has 1 fully saturated rings. The molecule has 0 unspecified atom stereocenters. The maximum Gasteiger partial charge on any atom is 0.239 e. The second-order valence-electron chi connectivity index (χ2n) is 3.66. The number of nitrogens with zero attached hydrogens (tertiary/aromatic N) is 2. The topological polar surface area (TPSA) is 40.6 Å². The van der Waals surface area contributed by atoms with Crippen LogP contribution in [0.3, 0.4) is 0 Å². The summed E-state index contributed by atoms with van der Waals surface area (Å²) in [5.41, 5.74) is -0.153. The summed E-state index contributed by atoms with van der Waals surface area (Å²) in [6.45, 7) is 4.13. The number of carbonyl (C=O) groups is 2. The maximum atomic E-state index is 11.3. The lowest BCUT2D eigenvalue weighted by atomic mass is 10.0. The van der Waals surface area contributed by atoms with E-state index in [0.29, 0.717) is 6.42 Å². The summed E-state index contributed by atoms with van der Waals surface area (Å²) in [4.78, 5) is 21.6. The molecule has 1 amide bonds. The van der Waals surface area contributed by atoms with Gasteiger partial charge in [-0.3, -0.25) is 9.80 Å². The lowest BCUT2D eigenvalue weighted by Crippen LogP contribution is -2.44. The van der Waals surface area contributed by atoms with Crippen molar-refractivity contribution in [2.75, 3.05) is 13.6 Å². The molecule has 0 aliphatic carbocycles. The molecule has 0 aromatic heterocycles. The molecule has 0 saturated carbocycles. The Hall–Kier alpha value is -0.900. The average Bonchev–Trinajstić information content (AvgIpc) is 2.13. The van der Waals surface area contributed by atoms with Gasteiger partial charge in [0.1, 0.15) is 6.29 Å². The Morgan fingerprint density at radius 1 is 1.58 bits per heavy atom. The van der Waals surface area contributed by atoms with Crippen LogP contribution in [0.4, 0.5) is 0 Å². The van der Waals surface area contributed by atoms with E-state index in [2.05, 4.69) is 0 Å². The van der Waals surface area contributed by atoms with E-state index in [1.165, 1.54) is 5.01 Å². The quantitative estimate of drug-likeness (QED) is 0.549. The number of rotatable bonds is 2. The molecule has 0 bridgehead atoms. The molecule has 1 rings (SSSR count). The van der Waals surface area contributed by atoms with Crippen LogP contribution in [0.5, 0.6) is 0 Å². The number of amides is 1. The summed E-state index contributed by atoms with van der Waals surface area (Å²) in [6, 6.07) is 0. The van der Waals surface area contributed by atoms with Crippen molar-refractivity contribution in [3.8, 4) is 0 Å². The first kappa shape index (κ1) is 9.19. The van der Waals surface area contributed by atoms with Gasteiger partial charge in [0.15, 0.2) is 0 Å². The SMILES string of the molecule is CN1N(CC=O)C(=O)CC1(C)C. The van der Waals surface area contributed by atoms with Crippen LogP contribution in [0.2, 0.25) is 0 Å². The Labute approximate surface area is 72.1 Å². The van der Waals surface area contributed by atoms with Crippen LogP contribution in [-0.2, 0) is 9.59 Å². The van der Waals surface area contributed by atoms with Crippen LogP contribution in [0.25, 0.3) is 0 Å². The Morgan fingerprint density at radius 2 is 2.17 bits per heavy atom. The van der Waals surface area contributed by atoms with Crippen molar-refractivity contribution in [3.63, 3.8) is 0 Å². The molecule has 0 atom stereocenters. The second kappa shape index (κ2) is 2.86. The average molecular weight is 170 g/mol. The van der Waals surface area contributed by atoms with E-state index in [1.54, 1.807) is 0 Å². The molecule has 4 heteroatoms. The maximum absolute atomic E-state index is 11.3. The fourth-order valence-corrected chi connectivity index (χ4v) is 1.36.